The molecule has 3 aromatic carbocycles. The first kappa shape index (κ1) is 25.3. The van der Waals surface area contributed by atoms with E-state index in [4.69, 9.17) is 0 Å². The Bertz CT molecular complexity index is 1400. The summed E-state index contributed by atoms with van der Waals surface area (Å²) < 4.78 is 2.00. The van der Waals surface area contributed by atoms with Gasteiger partial charge in [0, 0.05) is 17.4 Å². The summed E-state index contributed by atoms with van der Waals surface area (Å²) in [5, 5.41) is 3.90. The minimum Gasteiger partial charge on any atom is -0.393 e. The second-order valence-electron chi connectivity index (χ2n) is 7.41. The Hall–Kier alpha value is -3.31. The maximum absolute atomic E-state index is 12.5. The first-order chi connectivity index (χ1) is 16.2. The average Bonchev–Trinajstić information content (AvgIpc) is 2.86. The van der Waals surface area contributed by atoms with Crippen molar-refractivity contribution in [3.05, 3.63) is 145 Å². The maximum atomic E-state index is 12.5. The number of rotatable bonds is 4. The topological polar surface area (TPSA) is 46.9 Å². The largest absolute Gasteiger partial charge is 1.00 e. The molecule has 34 heavy (non-hydrogen) atoms. The van der Waals surface area contributed by atoms with Gasteiger partial charge < -0.3 is 21.8 Å². The third-order valence-corrected chi connectivity index (χ3v) is 5.21. The van der Waals surface area contributed by atoms with Gasteiger partial charge in [-0.15, -0.1) is 18.2 Å². The summed E-state index contributed by atoms with van der Waals surface area (Å²) in [6.07, 6.45) is 5.22. The molecular weight excluding hydrogens is 429 g/mol. The number of benzene rings is 3. The van der Waals surface area contributed by atoms with Crippen LogP contribution in [0.3, 0.4) is 0 Å². The molecule has 0 aliphatic heterocycles. The molecule has 0 aliphatic carbocycles. The van der Waals surface area contributed by atoms with Gasteiger partial charge in [-0.1, -0.05) is 54.9 Å². The van der Waals surface area contributed by atoms with E-state index in [0.717, 1.165) is 28.9 Å². The molecule has 0 saturated carbocycles. The zero-order chi connectivity index (χ0) is 23.0. The molecule has 5 heteroatoms. The smallest absolute Gasteiger partial charge is 0.393 e. The van der Waals surface area contributed by atoms with Crippen molar-refractivity contribution in [1.82, 2.24) is 9.55 Å². The van der Waals surface area contributed by atoms with Crippen molar-refractivity contribution >= 4 is 22.4 Å². The summed E-state index contributed by atoms with van der Waals surface area (Å²) in [6.45, 7) is 7.63. The molecule has 0 saturated heterocycles. The van der Waals surface area contributed by atoms with Crippen LogP contribution in [0.25, 0.3) is 16.6 Å². The molecule has 0 radical (unpaired) electrons. The number of fused-ring (bicyclic) bond motifs is 1. The van der Waals surface area contributed by atoms with Gasteiger partial charge in [-0.3, -0.25) is 4.79 Å². The van der Waals surface area contributed by atoms with Crippen LogP contribution in [0.5, 0.6) is 0 Å². The van der Waals surface area contributed by atoms with Crippen molar-refractivity contribution in [1.29, 1.82) is 0 Å². The molecule has 0 spiro atoms. The Balaban J connectivity index is 0.000000275. The van der Waals surface area contributed by atoms with Crippen LogP contribution in [0, 0.1) is 20.0 Å². The zero-order valence-corrected chi connectivity index (χ0v) is 21.2. The molecule has 0 unspecified atom stereocenters. The number of para-hydroxylation sites is 2. The number of nitrogens with zero attached hydrogens (tertiary/aromatic N) is 2. The van der Waals surface area contributed by atoms with E-state index in [9.17, 15) is 4.79 Å². The van der Waals surface area contributed by atoms with E-state index in [-0.39, 0.29) is 35.0 Å². The third-order valence-electron chi connectivity index (χ3n) is 5.21. The van der Waals surface area contributed by atoms with E-state index in [2.05, 4.69) is 36.4 Å². The first-order valence-electron chi connectivity index (χ1n) is 10.7. The molecule has 1 N–H and O–H groups in total. The summed E-state index contributed by atoms with van der Waals surface area (Å²) in [6, 6.07) is 31.1. The van der Waals surface area contributed by atoms with Crippen molar-refractivity contribution in [2.45, 2.75) is 6.42 Å². The predicted molar refractivity (Wildman–Crippen MR) is 136 cm³/mol. The molecule has 0 amide bonds. The number of aromatic nitrogens is 2. The van der Waals surface area contributed by atoms with Crippen LogP contribution in [0.15, 0.2) is 108 Å². The van der Waals surface area contributed by atoms with E-state index in [1.54, 1.807) is 18.3 Å². The third kappa shape index (κ3) is 5.97. The Labute approximate surface area is 222 Å². The molecule has 0 aliphatic rings. The van der Waals surface area contributed by atoms with Gasteiger partial charge >= 0.3 is 29.6 Å². The molecule has 4 nitrogen and oxygen atoms in total. The van der Waals surface area contributed by atoms with Gasteiger partial charge in [-0.05, 0) is 35.2 Å². The van der Waals surface area contributed by atoms with Crippen LogP contribution in [-0.4, -0.2) is 9.55 Å². The molecule has 2 aromatic heterocycles. The van der Waals surface area contributed by atoms with Crippen LogP contribution in [0.4, 0.5) is 11.5 Å². The SMILES string of the molecule is O=c1cc(Nc2ccccc2)n(-c2ccccc2)c2c[c-]ncc12.[CH2-]Cc1ccccc1[CH2-].[Na+]. The van der Waals surface area contributed by atoms with Gasteiger partial charge in [-0.2, -0.15) is 24.1 Å². The van der Waals surface area contributed by atoms with Crippen LogP contribution >= 0.6 is 0 Å². The Morgan fingerprint density at radius 2 is 1.56 bits per heavy atom. The van der Waals surface area contributed by atoms with E-state index in [1.807, 2.05) is 83.4 Å². The summed E-state index contributed by atoms with van der Waals surface area (Å²) in [7, 11) is 0. The number of nitrogens with one attached hydrogen (secondary N) is 1. The van der Waals surface area contributed by atoms with Crippen LogP contribution in [-0.2, 0) is 6.42 Å². The summed E-state index contributed by atoms with van der Waals surface area (Å²) >= 11 is 0. The molecule has 2 heterocycles. The quantitative estimate of drug-likeness (QED) is 0.336. The van der Waals surface area contributed by atoms with E-state index >= 15 is 0 Å². The second kappa shape index (κ2) is 12.2. The molecule has 5 aromatic rings. The van der Waals surface area contributed by atoms with Gasteiger partial charge in [0.25, 0.3) is 0 Å². The Morgan fingerprint density at radius 1 is 0.912 bits per heavy atom. The van der Waals surface area contributed by atoms with Gasteiger partial charge in [0.2, 0.25) is 0 Å². The number of hydrogen-bond acceptors (Lipinski definition) is 3. The fourth-order valence-corrected chi connectivity index (χ4v) is 3.53. The van der Waals surface area contributed by atoms with E-state index in [0.29, 0.717) is 11.2 Å². The number of hydrogen-bond donors (Lipinski definition) is 1. The minimum atomic E-state index is -0.0721. The summed E-state index contributed by atoms with van der Waals surface area (Å²) in [5.41, 5.74) is 4.89. The summed E-state index contributed by atoms with van der Waals surface area (Å²) in [5.74, 6) is 0.699. The van der Waals surface area contributed by atoms with Crippen LogP contribution in [0.2, 0.25) is 0 Å². The Morgan fingerprint density at radius 3 is 2.21 bits per heavy atom. The van der Waals surface area contributed by atoms with Crippen molar-refractivity contribution in [3.63, 3.8) is 0 Å². The molecule has 5 rings (SSSR count). The van der Waals surface area contributed by atoms with Gasteiger partial charge in [0.1, 0.15) is 5.82 Å². The van der Waals surface area contributed by atoms with Gasteiger partial charge in [0.05, 0.1) is 0 Å². The molecular formula is C29H24N3NaO-2. The number of pyridine rings is 2. The fraction of sp³-hybridized carbons (Fsp3) is 0.0345. The molecule has 0 fully saturated rings. The maximum Gasteiger partial charge on any atom is 1.00 e. The standard InChI is InChI=1S/C20H14N3O.C9H10.Na/c24-19-13-20(22-15-7-3-1-4-8-15)23(16-9-5-2-6-10-16)18-11-12-21-14-17(18)19;1-3-9-7-5-4-6-8(9)2;/h1-11,13-14,22H;4-7H,1-3H2;/q-1;-2;+1. The fourth-order valence-electron chi connectivity index (χ4n) is 3.53. The zero-order valence-electron chi connectivity index (χ0n) is 19.2. The Kier molecular flexibility index (Phi) is 9.11. The minimum absolute atomic E-state index is 0. The molecule has 0 atom stereocenters. The predicted octanol–water partition coefficient (Wildman–Crippen LogP) is 3.18. The van der Waals surface area contributed by atoms with Crippen molar-refractivity contribution < 1.29 is 29.6 Å². The van der Waals surface area contributed by atoms with E-state index in [1.165, 1.54) is 5.56 Å². The second-order valence-corrected chi connectivity index (χ2v) is 7.41. The first-order valence-corrected chi connectivity index (χ1v) is 10.7. The number of anilines is 2. The monoisotopic (exact) mass is 453 g/mol. The molecule has 164 valence electrons. The van der Waals surface area contributed by atoms with E-state index < -0.39 is 0 Å². The average molecular weight is 454 g/mol. The van der Waals surface area contributed by atoms with Crippen molar-refractivity contribution in [2.75, 3.05) is 5.32 Å². The van der Waals surface area contributed by atoms with Crippen molar-refractivity contribution in [2.24, 2.45) is 0 Å². The summed E-state index contributed by atoms with van der Waals surface area (Å²) in [4.78, 5) is 16.4. The van der Waals surface area contributed by atoms with Gasteiger partial charge in [-0.25, -0.2) is 6.42 Å². The molecule has 0 bridgehead atoms. The normalized spacial score (nSPS) is 10.0. The van der Waals surface area contributed by atoms with Crippen LogP contribution in [0.1, 0.15) is 11.1 Å². The van der Waals surface area contributed by atoms with Crippen molar-refractivity contribution in [3.8, 4) is 5.69 Å². The van der Waals surface area contributed by atoms with Gasteiger partial charge in [0.15, 0.2) is 5.43 Å². The van der Waals surface area contributed by atoms with Crippen LogP contribution < -0.4 is 40.3 Å².